The van der Waals surface area contributed by atoms with Crippen LogP contribution < -0.4 is 0 Å². The van der Waals surface area contributed by atoms with Crippen molar-refractivity contribution in [3.63, 3.8) is 0 Å². The summed E-state index contributed by atoms with van der Waals surface area (Å²) in [4.78, 5) is 10.1. The summed E-state index contributed by atoms with van der Waals surface area (Å²) in [6, 6.07) is -1.26. The average molecular weight is 177 g/mol. The Labute approximate surface area is 70.3 Å². The largest absolute Gasteiger partial charge is 0.264 e. The zero-order valence-electron chi connectivity index (χ0n) is 6.88. The molecule has 0 heterocycles. The predicted octanol–water partition coefficient (Wildman–Crippen LogP) is 2.97. The standard InChI is InChI=1S/C8H13F2NO/c9-8(10)7(11-12)6-4-2-1-3-5-6/h6-8H,1-5H2. The van der Waals surface area contributed by atoms with E-state index in [9.17, 15) is 13.7 Å². The van der Waals surface area contributed by atoms with Crippen LogP contribution in [0.2, 0.25) is 0 Å². The Morgan fingerprint density at radius 1 is 1.17 bits per heavy atom. The Balaban J connectivity index is 2.45. The highest BCUT2D eigenvalue weighted by Gasteiger charge is 2.31. The van der Waals surface area contributed by atoms with Gasteiger partial charge in [-0.25, -0.2) is 8.78 Å². The summed E-state index contributed by atoms with van der Waals surface area (Å²) in [6.45, 7) is 0. The average Bonchev–Trinajstić information content (AvgIpc) is 2.07. The monoisotopic (exact) mass is 177 g/mol. The Morgan fingerprint density at radius 2 is 1.75 bits per heavy atom. The molecule has 70 valence electrons. The van der Waals surface area contributed by atoms with E-state index >= 15 is 0 Å². The van der Waals surface area contributed by atoms with Gasteiger partial charge in [0.15, 0.2) is 6.04 Å². The Morgan fingerprint density at radius 3 is 2.17 bits per heavy atom. The van der Waals surface area contributed by atoms with Gasteiger partial charge >= 0.3 is 0 Å². The lowest BCUT2D eigenvalue weighted by Crippen LogP contribution is -2.27. The van der Waals surface area contributed by atoms with E-state index in [0.717, 1.165) is 32.1 Å². The van der Waals surface area contributed by atoms with Crippen LogP contribution in [0.1, 0.15) is 32.1 Å². The fourth-order valence-electron chi connectivity index (χ4n) is 1.81. The molecule has 0 aliphatic heterocycles. The quantitative estimate of drug-likeness (QED) is 0.609. The SMILES string of the molecule is O=NC(C(F)F)C1CCCCC1. The van der Waals surface area contributed by atoms with Crippen molar-refractivity contribution in [2.24, 2.45) is 11.1 Å². The van der Waals surface area contributed by atoms with Crippen molar-refractivity contribution in [1.82, 2.24) is 0 Å². The van der Waals surface area contributed by atoms with E-state index in [1.807, 2.05) is 0 Å². The highest BCUT2D eigenvalue weighted by molar-refractivity contribution is 4.80. The van der Waals surface area contributed by atoms with E-state index in [2.05, 4.69) is 5.18 Å². The number of nitrogens with zero attached hydrogens (tertiary/aromatic N) is 1. The zero-order chi connectivity index (χ0) is 8.97. The highest BCUT2D eigenvalue weighted by atomic mass is 19.3. The summed E-state index contributed by atoms with van der Waals surface area (Å²) in [6.07, 6.45) is 1.92. The summed E-state index contributed by atoms with van der Waals surface area (Å²) in [5.74, 6) is -0.170. The lowest BCUT2D eigenvalue weighted by Gasteiger charge is -2.24. The smallest absolute Gasteiger partial charge is 0.208 e. The molecule has 0 aromatic heterocycles. The van der Waals surface area contributed by atoms with Crippen LogP contribution in [0.4, 0.5) is 8.78 Å². The van der Waals surface area contributed by atoms with Gasteiger partial charge in [-0.15, -0.1) is 0 Å². The first-order valence-electron chi connectivity index (χ1n) is 4.36. The fourth-order valence-corrected chi connectivity index (χ4v) is 1.81. The molecule has 0 bridgehead atoms. The van der Waals surface area contributed by atoms with Crippen molar-refractivity contribution in [2.75, 3.05) is 0 Å². The van der Waals surface area contributed by atoms with E-state index in [1.54, 1.807) is 0 Å². The summed E-state index contributed by atoms with van der Waals surface area (Å²) in [5, 5.41) is 2.51. The van der Waals surface area contributed by atoms with Crippen molar-refractivity contribution >= 4 is 0 Å². The summed E-state index contributed by atoms with van der Waals surface area (Å²) in [7, 11) is 0. The lowest BCUT2D eigenvalue weighted by molar-refractivity contribution is 0.0778. The van der Waals surface area contributed by atoms with Crippen LogP contribution in [0.25, 0.3) is 0 Å². The molecule has 0 N–H and O–H groups in total. The maximum absolute atomic E-state index is 12.2. The van der Waals surface area contributed by atoms with Crippen LogP contribution in [-0.4, -0.2) is 12.5 Å². The molecule has 2 nitrogen and oxygen atoms in total. The van der Waals surface area contributed by atoms with E-state index in [0.29, 0.717) is 0 Å². The molecule has 0 aromatic rings. The number of nitroso groups, excluding NO2 is 1. The van der Waals surface area contributed by atoms with Gasteiger partial charge in [-0.05, 0) is 18.8 Å². The van der Waals surface area contributed by atoms with E-state index in [1.165, 1.54) is 0 Å². The number of rotatable bonds is 3. The summed E-state index contributed by atoms with van der Waals surface area (Å²) < 4.78 is 24.4. The van der Waals surface area contributed by atoms with Gasteiger partial charge in [0.2, 0.25) is 0 Å². The Hall–Kier alpha value is -0.540. The van der Waals surface area contributed by atoms with Crippen molar-refractivity contribution in [3.05, 3.63) is 4.91 Å². The molecular formula is C8H13F2NO. The molecule has 1 aliphatic rings. The highest BCUT2D eigenvalue weighted by Crippen LogP contribution is 2.30. The zero-order valence-corrected chi connectivity index (χ0v) is 6.88. The number of hydrogen-bond acceptors (Lipinski definition) is 2. The third kappa shape index (κ3) is 2.22. The minimum Gasteiger partial charge on any atom is -0.208 e. The van der Waals surface area contributed by atoms with Gasteiger partial charge in [0.05, 0.1) is 0 Å². The molecule has 1 atom stereocenters. The molecule has 1 aliphatic carbocycles. The second-order valence-electron chi connectivity index (χ2n) is 3.33. The maximum Gasteiger partial charge on any atom is 0.264 e. The van der Waals surface area contributed by atoms with E-state index in [-0.39, 0.29) is 5.92 Å². The molecule has 1 fully saturated rings. The second-order valence-corrected chi connectivity index (χ2v) is 3.33. The topological polar surface area (TPSA) is 29.4 Å². The van der Waals surface area contributed by atoms with Crippen LogP contribution in [-0.2, 0) is 0 Å². The summed E-state index contributed by atoms with van der Waals surface area (Å²) >= 11 is 0. The van der Waals surface area contributed by atoms with Gasteiger partial charge in [0.1, 0.15) is 0 Å². The molecule has 1 unspecified atom stereocenters. The predicted molar refractivity (Wildman–Crippen MR) is 42.2 cm³/mol. The van der Waals surface area contributed by atoms with Gasteiger partial charge in [-0.1, -0.05) is 24.4 Å². The molecule has 12 heavy (non-hydrogen) atoms. The minimum absolute atomic E-state index is 0.170. The van der Waals surface area contributed by atoms with Crippen molar-refractivity contribution < 1.29 is 8.78 Å². The van der Waals surface area contributed by atoms with Gasteiger partial charge in [0, 0.05) is 0 Å². The third-order valence-electron chi connectivity index (χ3n) is 2.51. The first kappa shape index (κ1) is 9.55. The molecule has 1 rings (SSSR count). The van der Waals surface area contributed by atoms with Crippen LogP contribution in [0, 0.1) is 10.8 Å². The molecule has 0 saturated heterocycles. The van der Waals surface area contributed by atoms with Crippen LogP contribution >= 0.6 is 0 Å². The van der Waals surface area contributed by atoms with Gasteiger partial charge in [-0.2, -0.15) is 4.91 Å². The fraction of sp³-hybridized carbons (Fsp3) is 1.00. The molecule has 4 heteroatoms. The van der Waals surface area contributed by atoms with Crippen LogP contribution in [0.15, 0.2) is 5.18 Å². The first-order valence-corrected chi connectivity index (χ1v) is 4.36. The Kier molecular flexibility index (Phi) is 3.56. The number of halogens is 2. The van der Waals surface area contributed by atoms with Gasteiger partial charge < -0.3 is 0 Å². The van der Waals surface area contributed by atoms with E-state index < -0.39 is 12.5 Å². The molecule has 0 spiro atoms. The molecule has 1 saturated carbocycles. The molecule has 0 amide bonds. The van der Waals surface area contributed by atoms with Crippen molar-refractivity contribution in [2.45, 2.75) is 44.6 Å². The van der Waals surface area contributed by atoms with Gasteiger partial charge in [0.25, 0.3) is 6.43 Å². The normalized spacial score (nSPS) is 22.6. The van der Waals surface area contributed by atoms with Crippen LogP contribution in [0.3, 0.4) is 0 Å². The lowest BCUT2D eigenvalue weighted by atomic mass is 9.84. The first-order chi connectivity index (χ1) is 5.75. The Bertz CT molecular complexity index is 146. The van der Waals surface area contributed by atoms with Crippen molar-refractivity contribution in [1.29, 1.82) is 0 Å². The summed E-state index contributed by atoms with van der Waals surface area (Å²) in [5.41, 5.74) is 0. The second kappa shape index (κ2) is 4.48. The third-order valence-corrected chi connectivity index (χ3v) is 2.51. The number of alkyl halides is 2. The number of hydrogen-bond donors (Lipinski definition) is 0. The molecule has 0 radical (unpaired) electrons. The van der Waals surface area contributed by atoms with Crippen LogP contribution in [0.5, 0.6) is 0 Å². The van der Waals surface area contributed by atoms with E-state index in [4.69, 9.17) is 0 Å². The maximum atomic E-state index is 12.2. The minimum atomic E-state index is -2.58. The van der Waals surface area contributed by atoms with Gasteiger partial charge in [-0.3, -0.25) is 0 Å². The molecular weight excluding hydrogens is 164 g/mol. The van der Waals surface area contributed by atoms with Crippen molar-refractivity contribution in [3.8, 4) is 0 Å². The molecule has 0 aromatic carbocycles.